The summed E-state index contributed by atoms with van der Waals surface area (Å²) in [5, 5.41) is 3.51. The molecule has 0 unspecified atom stereocenters. The van der Waals surface area contributed by atoms with Crippen molar-refractivity contribution in [2.45, 2.75) is 4.90 Å². The Bertz CT molecular complexity index is 946. The van der Waals surface area contributed by atoms with Gasteiger partial charge in [-0.05, 0) is 36.4 Å². The van der Waals surface area contributed by atoms with Gasteiger partial charge in [0.15, 0.2) is 0 Å². The lowest BCUT2D eigenvalue weighted by molar-refractivity contribution is -0.120. The molecule has 10 heteroatoms. The molecule has 2 aromatic rings. The van der Waals surface area contributed by atoms with Crippen molar-refractivity contribution in [3.05, 3.63) is 51.5 Å². The third-order valence-electron chi connectivity index (χ3n) is 3.73. The van der Waals surface area contributed by atoms with Crippen LogP contribution in [0.4, 0.5) is 11.4 Å². The van der Waals surface area contributed by atoms with Gasteiger partial charge in [0.2, 0.25) is 5.91 Å². The molecule has 1 amide bonds. The topological polar surface area (TPSA) is 78.5 Å². The first-order valence-corrected chi connectivity index (χ1v) is 10.2. The van der Waals surface area contributed by atoms with Gasteiger partial charge in [-0.15, -0.1) is 0 Å². The molecule has 3 rings (SSSR count). The van der Waals surface area contributed by atoms with Crippen molar-refractivity contribution >= 4 is 62.1 Å². The molecule has 26 heavy (non-hydrogen) atoms. The van der Waals surface area contributed by atoms with E-state index < -0.39 is 10.0 Å². The molecular weight excluding hydrogens is 421 g/mol. The molecule has 1 aliphatic heterocycles. The molecule has 1 fully saturated rings. The number of sulfonamides is 1. The predicted octanol–water partition coefficient (Wildman–Crippen LogP) is 3.38. The van der Waals surface area contributed by atoms with Crippen LogP contribution >= 0.6 is 34.8 Å². The predicted molar refractivity (Wildman–Crippen MR) is 104 cm³/mol. The Kier molecular flexibility index (Phi) is 5.53. The molecule has 0 aromatic heterocycles. The molecule has 0 bridgehead atoms. The number of carbonyl (C=O) groups excluding carboxylic acids is 1. The largest absolute Gasteiger partial charge is 0.359 e. The monoisotopic (exact) mass is 433 g/mol. The zero-order valence-corrected chi connectivity index (χ0v) is 16.4. The van der Waals surface area contributed by atoms with Gasteiger partial charge in [0.25, 0.3) is 10.0 Å². The van der Waals surface area contributed by atoms with Crippen molar-refractivity contribution in [1.29, 1.82) is 0 Å². The lowest BCUT2D eigenvalue weighted by Gasteiger charge is -2.29. The Morgan fingerprint density at radius 3 is 2.35 bits per heavy atom. The second kappa shape index (κ2) is 7.52. The van der Waals surface area contributed by atoms with Crippen LogP contribution < -0.4 is 14.9 Å². The molecular formula is C16H14Cl3N3O3S. The Morgan fingerprint density at radius 2 is 1.73 bits per heavy atom. The first-order chi connectivity index (χ1) is 12.2. The molecule has 0 spiro atoms. The van der Waals surface area contributed by atoms with E-state index >= 15 is 0 Å². The van der Waals surface area contributed by atoms with Crippen LogP contribution in [0.25, 0.3) is 0 Å². The molecule has 138 valence electrons. The molecule has 1 saturated heterocycles. The fourth-order valence-corrected chi connectivity index (χ4v) is 4.64. The van der Waals surface area contributed by atoms with E-state index in [1.807, 2.05) is 4.90 Å². The average molecular weight is 435 g/mol. The summed E-state index contributed by atoms with van der Waals surface area (Å²) in [5.41, 5.74) is 0.951. The number of piperazine rings is 1. The van der Waals surface area contributed by atoms with Crippen LogP contribution in [-0.4, -0.2) is 34.0 Å². The lowest BCUT2D eigenvalue weighted by Crippen LogP contribution is -2.47. The van der Waals surface area contributed by atoms with Crippen molar-refractivity contribution in [3.63, 3.8) is 0 Å². The van der Waals surface area contributed by atoms with E-state index in [2.05, 4.69) is 10.0 Å². The maximum atomic E-state index is 12.5. The van der Waals surface area contributed by atoms with Gasteiger partial charge in [-0.1, -0.05) is 34.8 Å². The first-order valence-electron chi connectivity index (χ1n) is 7.55. The van der Waals surface area contributed by atoms with Gasteiger partial charge in [-0.2, -0.15) is 0 Å². The van der Waals surface area contributed by atoms with Gasteiger partial charge in [0, 0.05) is 23.1 Å². The summed E-state index contributed by atoms with van der Waals surface area (Å²) in [6, 6.07) is 8.80. The van der Waals surface area contributed by atoms with E-state index in [1.54, 1.807) is 12.1 Å². The smallest absolute Gasteiger partial charge is 0.261 e. The number of hydrogen-bond acceptors (Lipinski definition) is 4. The number of nitrogens with zero attached hydrogens (tertiary/aromatic N) is 1. The first kappa shape index (κ1) is 19.1. The quantitative estimate of drug-likeness (QED) is 0.773. The number of amides is 1. The van der Waals surface area contributed by atoms with E-state index in [0.717, 1.165) is 0 Å². The molecule has 0 aliphatic carbocycles. The van der Waals surface area contributed by atoms with Crippen LogP contribution in [0.3, 0.4) is 0 Å². The molecule has 0 atom stereocenters. The van der Waals surface area contributed by atoms with Crippen molar-refractivity contribution in [3.8, 4) is 0 Å². The highest BCUT2D eigenvalue weighted by Gasteiger charge is 2.20. The van der Waals surface area contributed by atoms with E-state index in [9.17, 15) is 13.2 Å². The Morgan fingerprint density at radius 1 is 1.04 bits per heavy atom. The summed E-state index contributed by atoms with van der Waals surface area (Å²) < 4.78 is 27.5. The summed E-state index contributed by atoms with van der Waals surface area (Å²) >= 11 is 18.0. The van der Waals surface area contributed by atoms with Crippen molar-refractivity contribution < 1.29 is 13.2 Å². The summed E-state index contributed by atoms with van der Waals surface area (Å²) in [6.45, 7) is 1.35. The van der Waals surface area contributed by atoms with Gasteiger partial charge in [0.1, 0.15) is 0 Å². The minimum absolute atomic E-state index is 0.0529. The van der Waals surface area contributed by atoms with Crippen LogP contribution in [0.5, 0.6) is 0 Å². The number of nitrogens with one attached hydrogen (secondary N) is 2. The minimum Gasteiger partial charge on any atom is -0.359 e. The number of hydrogen-bond donors (Lipinski definition) is 2. The van der Waals surface area contributed by atoms with E-state index in [1.165, 1.54) is 24.3 Å². The molecule has 2 aromatic carbocycles. The third-order valence-corrected chi connectivity index (χ3v) is 5.83. The maximum Gasteiger partial charge on any atom is 0.261 e. The Balaban J connectivity index is 1.84. The number of benzene rings is 2. The maximum absolute atomic E-state index is 12.5. The molecule has 0 radical (unpaired) electrons. The van der Waals surface area contributed by atoms with Crippen LogP contribution in [0.15, 0.2) is 41.3 Å². The van der Waals surface area contributed by atoms with Crippen LogP contribution in [0.1, 0.15) is 0 Å². The highest BCUT2D eigenvalue weighted by atomic mass is 35.5. The fraction of sp³-hybridized carbons (Fsp3) is 0.188. The standard InChI is InChI=1S/C16H14Cl3N3O3S/c17-10-5-11(18)7-13(6-10)26(24,25)21-12-1-2-15(14(19)8-12)22-4-3-20-16(23)9-22/h1-2,5-8,21H,3-4,9H2,(H,20,23). The molecule has 0 saturated carbocycles. The van der Waals surface area contributed by atoms with Crippen molar-refractivity contribution in [1.82, 2.24) is 5.32 Å². The van der Waals surface area contributed by atoms with Gasteiger partial charge in [0.05, 0.1) is 27.8 Å². The van der Waals surface area contributed by atoms with Gasteiger partial charge in [-0.3, -0.25) is 9.52 Å². The molecule has 1 heterocycles. The second-order valence-corrected chi connectivity index (χ2v) is 8.61. The van der Waals surface area contributed by atoms with Crippen LogP contribution in [0, 0.1) is 0 Å². The summed E-state index contributed by atoms with van der Waals surface area (Å²) in [4.78, 5) is 13.3. The normalized spacial score (nSPS) is 14.9. The van der Waals surface area contributed by atoms with E-state index in [0.29, 0.717) is 23.8 Å². The van der Waals surface area contributed by atoms with E-state index in [-0.39, 0.29) is 33.1 Å². The third kappa shape index (κ3) is 4.35. The van der Waals surface area contributed by atoms with Gasteiger partial charge < -0.3 is 10.2 Å². The fourth-order valence-electron chi connectivity index (χ4n) is 2.57. The van der Waals surface area contributed by atoms with Gasteiger partial charge >= 0.3 is 0 Å². The Hall–Kier alpha value is -1.67. The Labute approximate surface area is 166 Å². The second-order valence-electron chi connectivity index (χ2n) is 5.65. The van der Waals surface area contributed by atoms with Crippen molar-refractivity contribution in [2.75, 3.05) is 29.3 Å². The SMILES string of the molecule is O=C1CN(c2ccc(NS(=O)(=O)c3cc(Cl)cc(Cl)c3)cc2Cl)CCN1. The highest BCUT2D eigenvalue weighted by molar-refractivity contribution is 7.92. The minimum atomic E-state index is -3.88. The number of anilines is 2. The average Bonchev–Trinajstić information content (AvgIpc) is 2.53. The zero-order chi connectivity index (χ0) is 18.9. The lowest BCUT2D eigenvalue weighted by atomic mass is 10.2. The number of rotatable bonds is 4. The van der Waals surface area contributed by atoms with Crippen LogP contribution in [-0.2, 0) is 14.8 Å². The highest BCUT2D eigenvalue weighted by Crippen LogP contribution is 2.31. The van der Waals surface area contributed by atoms with Gasteiger partial charge in [-0.25, -0.2) is 8.42 Å². The summed E-state index contributed by atoms with van der Waals surface area (Å²) in [5.74, 6) is -0.0880. The van der Waals surface area contributed by atoms with Crippen LogP contribution in [0.2, 0.25) is 15.1 Å². The zero-order valence-electron chi connectivity index (χ0n) is 13.3. The van der Waals surface area contributed by atoms with E-state index in [4.69, 9.17) is 34.8 Å². The molecule has 1 aliphatic rings. The summed E-state index contributed by atoms with van der Waals surface area (Å²) in [6.07, 6.45) is 0. The molecule has 2 N–H and O–H groups in total. The number of carbonyl (C=O) groups is 1. The summed E-state index contributed by atoms with van der Waals surface area (Å²) in [7, 11) is -3.88. The number of halogens is 3. The molecule has 6 nitrogen and oxygen atoms in total. The van der Waals surface area contributed by atoms with Crippen molar-refractivity contribution in [2.24, 2.45) is 0 Å².